The molecule has 0 radical (unpaired) electrons. The van der Waals surface area contributed by atoms with E-state index in [0.717, 1.165) is 18.6 Å². The van der Waals surface area contributed by atoms with E-state index in [4.69, 9.17) is 4.74 Å². The summed E-state index contributed by atoms with van der Waals surface area (Å²) in [6.45, 7) is 1.84. The third kappa shape index (κ3) is 2.96. The van der Waals surface area contributed by atoms with Gasteiger partial charge in [-0.15, -0.1) is 0 Å². The van der Waals surface area contributed by atoms with Gasteiger partial charge in [0.05, 0.1) is 5.76 Å². The summed E-state index contributed by atoms with van der Waals surface area (Å²) in [5.74, 6) is 0.927. The van der Waals surface area contributed by atoms with Gasteiger partial charge in [-0.1, -0.05) is 30.3 Å². The highest BCUT2D eigenvalue weighted by Gasteiger charge is 2.19. The number of carbonyl (C=O) groups is 1. The molecule has 2 rings (SSSR count). The van der Waals surface area contributed by atoms with Gasteiger partial charge in [-0.3, -0.25) is 4.79 Å². The second-order valence-corrected chi connectivity index (χ2v) is 4.19. The Kier molecular flexibility index (Phi) is 3.40. The molecule has 0 bridgehead atoms. The Morgan fingerprint density at radius 3 is 2.75 bits per heavy atom. The Morgan fingerprint density at radius 1 is 1.31 bits per heavy atom. The van der Waals surface area contributed by atoms with Crippen LogP contribution in [-0.4, -0.2) is 11.9 Å². The summed E-state index contributed by atoms with van der Waals surface area (Å²) in [7, 11) is 0. The van der Waals surface area contributed by atoms with Crippen LogP contribution < -0.4 is 0 Å². The fourth-order valence-electron chi connectivity index (χ4n) is 1.98. The summed E-state index contributed by atoms with van der Waals surface area (Å²) in [6, 6.07) is 10.3. The minimum Gasteiger partial charge on any atom is -0.494 e. The van der Waals surface area contributed by atoms with Gasteiger partial charge in [0.1, 0.15) is 6.10 Å². The average molecular weight is 216 g/mol. The van der Waals surface area contributed by atoms with Crippen molar-refractivity contribution in [1.82, 2.24) is 0 Å². The van der Waals surface area contributed by atoms with E-state index in [0.29, 0.717) is 6.42 Å². The molecular formula is C14H16O2. The molecule has 0 saturated heterocycles. The highest BCUT2D eigenvalue weighted by Crippen LogP contribution is 2.18. The van der Waals surface area contributed by atoms with Gasteiger partial charge < -0.3 is 4.74 Å². The maximum Gasteiger partial charge on any atom is 0.162 e. The number of ketones is 1. The maximum absolute atomic E-state index is 11.3. The molecule has 0 amide bonds. The molecule has 2 heteroatoms. The summed E-state index contributed by atoms with van der Waals surface area (Å²) < 4.78 is 5.62. The lowest BCUT2D eigenvalue weighted by atomic mass is 10.0. The molecule has 2 nitrogen and oxygen atoms in total. The first-order valence-electron chi connectivity index (χ1n) is 5.66. The normalized spacial score (nSPS) is 20.2. The number of rotatable bonds is 3. The van der Waals surface area contributed by atoms with Crippen molar-refractivity contribution >= 4 is 5.78 Å². The number of benzene rings is 1. The molecule has 0 saturated carbocycles. The van der Waals surface area contributed by atoms with Crippen LogP contribution in [-0.2, 0) is 16.0 Å². The lowest BCUT2D eigenvalue weighted by Gasteiger charge is -2.22. The average Bonchev–Trinajstić information content (AvgIpc) is 2.27. The molecule has 84 valence electrons. The number of carbonyl (C=O) groups excluding carboxylic acids is 1. The van der Waals surface area contributed by atoms with Crippen molar-refractivity contribution < 1.29 is 9.53 Å². The van der Waals surface area contributed by atoms with Crippen LogP contribution in [0, 0.1) is 0 Å². The first kappa shape index (κ1) is 10.9. The first-order valence-corrected chi connectivity index (χ1v) is 5.66. The highest BCUT2D eigenvalue weighted by atomic mass is 16.5. The summed E-state index contributed by atoms with van der Waals surface area (Å²) in [4.78, 5) is 11.3. The topological polar surface area (TPSA) is 26.3 Å². The zero-order valence-corrected chi connectivity index (χ0v) is 9.48. The van der Waals surface area contributed by atoms with Crippen LogP contribution >= 0.6 is 0 Å². The van der Waals surface area contributed by atoms with E-state index >= 15 is 0 Å². The van der Waals surface area contributed by atoms with Gasteiger partial charge in [0.2, 0.25) is 0 Å². The van der Waals surface area contributed by atoms with Crippen molar-refractivity contribution in [2.45, 2.75) is 32.3 Å². The SMILES string of the molecule is CC1=CC(=O)CC(CCc2ccccc2)O1. The van der Waals surface area contributed by atoms with Gasteiger partial charge in [0.25, 0.3) is 0 Å². The standard InChI is InChI=1S/C14H16O2/c1-11-9-13(15)10-14(16-11)8-7-12-5-3-2-4-6-12/h2-6,9,14H,7-8,10H2,1H3. The van der Waals surface area contributed by atoms with Crippen LogP contribution in [0.2, 0.25) is 0 Å². The van der Waals surface area contributed by atoms with Crippen molar-refractivity contribution in [1.29, 1.82) is 0 Å². The zero-order chi connectivity index (χ0) is 11.4. The lowest BCUT2D eigenvalue weighted by Crippen LogP contribution is -2.21. The quantitative estimate of drug-likeness (QED) is 0.776. The summed E-state index contributed by atoms with van der Waals surface area (Å²) in [5.41, 5.74) is 1.30. The van der Waals surface area contributed by atoms with E-state index in [-0.39, 0.29) is 11.9 Å². The number of hydrogen-bond donors (Lipinski definition) is 0. The van der Waals surface area contributed by atoms with E-state index in [9.17, 15) is 4.79 Å². The summed E-state index contributed by atoms with van der Waals surface area (Å²) in [6.07, 6.45) is 4.02. The number of allylic oxidation sites excluding steroid dienone is 2. The molecule has 0 aromatic heterocycles. The summed E-state index contributed by atoms with van der Waals surface area (Å²) >= 11 is 0. The molecule has 1 aliphatic rings. The fourth-order valence-corrected chi connectivity index (χ4v) is 1.98. The number of ether oxygens (including phenoxy) is 1. The van der Waals surface area contributed by atoms with Crippen LogP contribution in [0.1, 0.15) is 25.3 Å². The Hall–Kier alpha value is -1.57. The molecule has 0 spiro atoms. The van der Waals surface area contributed by atoms with E-state index in [1.165, 1.54) is 5.56 Å². The fraction of sp³-hybridized carbons (Fsp3) is 0.357. The molecule has 1 unspecified atom stereocenters. The van der Waals surface area contributed by atoms with Crippen molar-refractivity contribution in [3.63, 3.8) is 0 Å². The van der Waals surface area contributed by atoms with E-state index < -0.39 is 0 Å². The van der Waals surface area contributed by atoms with Crippen LogP contribution in [0.15, 0.2) is 42.2 Å². The molecule has 16 heavy (non-hydrogen) atoms. The number of hydrogen-bond acceptors (Lipinski definition) is 2. The molecule has 1 heterocycles. The largest absolute Gasteiger partial charge is 0.494 e. The van der Waals surface area contributed by atoms with Crippen LogP contribution in [0.25, 0.3) is 0 Å². The van der Waals surface area contributed by atoms with Gasteiger partial charge in [0, 0.05) is 12.5 Å². The smallest absolute Gasteiger partial charge is 0.162 e. The van der Waals surface area contributed by atoms with Gasteiger partial charge in [-0.25, -0.2) is 0 Å². The van der Waals surface area contributed by atoms with Crippen LogP contribution in [0.3, 0.4) is 0 Å². The minimum atomic E-state index is 0.0534. The second kappa shape index (κ2) is 4.97. The third-order valence-electron chi connectivity index (χ3n) is 2.74. The molecular weight excluding hydrogens is 200 g/mol. The Morgan fingerprint density at radius 2 is 2.06 bits per heavy atom. The van der Waals surface area contributed by atoms with Crippen molar-refractivity contribution in [3.05, 3.63) is 47.7 Å². The number of aryl methyl sites for hydroxylation is 1. The monoisotopic (exact) mass is 216 g/mol. The Balaban J connectivity index is 1.88. The van der Waals surface area contributed by atoms with Crippen LogP contribution in [0.4, 0.5) is 0 Å². The van der Waals surface area contributed by atoms with Crippen LogP contribution in [0.5, 0.6) is 0 Å². The Labute approximate surface area is 95.9 Å². The molecule has 1 aromatic carbocycles. The minimum absolute atomic E-state index is 0.0534. The molecule has 1 atom stereocenters. The second-order valence-electron chi connectivity index (χ2n) is 4.19. The molecule has 1 aromatic rings. The van der Waals surface area contributed by atoms with E-state index in [1.807, 2.05) is 25.1 Å². The van der Waals surface area contributed by atoms with Gasteiger partial charge in [0.15, 0.2) is 5.78 Å². The van der Waals surface area contributed by atoms with Gasteiger partial charge in [-0.2, -0.15) is 0 Å². The van der Waals surface area contributed by atoms with E-state index in [2.05, 4.69) is 12.1 Å². The maximum atomic E-state index is 11.3. The van der Waals surface area contributed by atoms with E-state index in [1.54, 1.807) is 6.08 Å². The predicted octanol–water partition coefficient (Wildman–Crippen LogP) is 2.88. The predicted molar refractivity (Wildman–Crippen MR) is 63.0 cm³/mol. The summed E-state index contributed by atoms with van der Waals surface area (Å²) in [5, 5.41) is 0. The Bertz CT molecular complexity index is 392. The van der Waals surface area contributed by atoms with Crippen molar-refractivity contribution in [2.75, 3.05) is 0 Å². The third-order valence-corrected chi connectivity index (χ3v) is 2.74. The highest BCUT2D eigenvalue weighted by molar-refractivity contribution is 5.91. The van der Waals surface area contributed by atoms with Crippen molar-refractivity contribution in [3.8, 4) is 0 Å². The lowest BCUT2D eigenvalue weighted by molar-refractivity contribution is -0.118. The van der Waals surface area contributed by atoms with Crippen molar-refractivity contribution in [2.24, 2.45) is 0 Å². The van der Waals surface area contributed by atoms with Gasteiger partial charge in [-0.05, 0) is 25.3 Å². The molecule has 0 aliphatic carbocycles. The zero-order valence-electron chi connectivity index (χ0n) is 9.48. The molecule has 1 aliphatic heterocycles. The molecule has 0 N–H and O–H groups in total. The molecule has 0 fully saturated rings. The first-order chi connectivity index (χ1) is 7.74. The van der Waals surface area contributed by atoms with Gasteiger partial charge >= 0.3 is 0 Å².